The molecule has 1 unspecified atom stereocenters. The zero-order valence-corrected chi connectivity index (χ0v) is 18.4. The number of esters is 1. The van der Waals surface area contributed by atoms with Gasteiger partial charge in [-0.25, -0.2) is 14.8 Å². The van der Waals surface area contributed by atoms with Crippen LogP contribution in [0.3, 0.4) is 0 Å². The number of aliphatic hydroxyl groups excluding tert-OH is 1. The van der Waals surface area contributed by atoms with E-state index in [0.717, 1.165) is 12.0 Å². The van der Waals surface area contributed by atoms with Crippen LogP contribution in [0, 0.1) is 11.8 Å². The van der Waals surface area contributed by atoms with Crippen molar-refractivity contribution < 1.29 is 24.2 Å². The van der Waals surface area contributed by atoms with Crippen molar-refractivity contribution >= 4 is 18.4 Å². The molecule has 164 valence electrons. The van der Waals surface area contributed by atoms with Gasteiger partial charge in [-0.1, -0.05) is 6.92 Å². The maximum Gasteiger partial charge on any atom is 0.412 e. The molecule has 1 rings (SSSR count). The average molecular weight is 411 g/mol. The van der Waals surface area contributed by atoms with Crippen molar-refractivity contribution in [3.05, 3.63) is 18.2 Å². The third kappa shape index (κ3) is 8.64. The van der Waals surface area contributed by atoms with Crippen molar-refractivity contribution in [2.75, 3.05) is 6.61 Å². The number of hydrogen-bond acceptors (Lipinski definition) is 7. The molecule has 0 aliphatic carbocycles. The summed E-state index contributed by atoms with van der Waals surface area (Å²) in [5.41, 5.74) is -0.887. The Labute approximate surface area is 172 Å². The third-order valence-corrected chi connectivity index (χ3v) is 4.24. The van der Waals surface area contributed by atoms with E-state index in [0.29, 0.717) is 12.8 Å². The predicted octanol–water partition coefficient (Wildman–Crippen LogP) is 2.43. The van der Waals surface area contributed by atoms with Crippen molar-refractivity contribution in [3.8, 4) is 0 Å². The van der Waals surface area contributed by atoms with Crippen LogP contribution < -0.4 is 5.32 Å². The van der Waals surface area contributed by atoms with Crippen molar-refractivity contribution in [3.63, 3.8) is 0 Å². The van der Waals surface area contributed by atoms with E-state index in [1.807, 2.05) is 18.5 Å². The van der Waals surface area contributed by atoms with E-state index in [1.54, 1.807) is 47.1 Å². The molecule has 2 atom stereocenters. The molecule has 0 aliphatic rings. The second kappa shape index (κ2) is 10.4. The van der Waals surface area contributed by atoms with E-state index in [4.69, 9.17) is 9.47 Å². The first-order valence-corrected chi connectivity index (χ1v) is 9.70. The van der Waals surface area contributed by atoms with Crippen LogP contribution in [0.4, 0.5) is 4.79 Å². The van der Waals surface area contributed by atoms with E-state index < -0.39 is 29.3 Å². The molecule has 1 aromatic rings. The number of aromatic nitrogens is 2. The maximum atomic E-state index is 12.7. The molecule has 0 saturated heterocycles. The van der Waals surface area contributed by atoms with Crippen molar-refractivity contribution in [2.45, 2.75) is 65.7 Å². The Morgan fingerprint density at radius 1 is 1.31 bits per heavy atom. The van der Waals surface area contributed by atoms with Gasteiger partial charge in [-0.05, 0) is 47.5 Å². The minimum absolute atomic E-state index is 0.150. The fraction of sp³-hybridized carbons (Fsp3) is 0.700. The molecular formula is C20H34N4O5. The summed E-state index contributed by atoms with van der Waals surface area (Å²) in [6, 6.07) is 0. The van der Waals surface area contributed by atoms with E-state index in [9.17, 15) is 14.7 Å². The molecule has 9 heteroatoms. The summed E-state index contributed by atoms with van der Waals surface area (Å²) >= 11 is 0. The van der Waals surface area contributed by atoms with Crippen LogP contribution in [0.15, 0.2) is 17.5 Å². The summed E-state index contributed by atoms with van der Waals surface area (Å²) < 4.78 is 12.5. The lowest BCUT2D eigenvalue weighted by Crippen LogP contribution is -2.36. The number of aliphatic imine (C=N–C) groups is 1. The van der Waals surface area contributed by atoms with Gasteiger partial charge in [0.05, 0.1) is 18.6 Å². The monoisotopic (exact) mass is 410 g/mol. The van der Waals surface area contributed by atoms with Crippen LogP contribution in [-0.4, -0.2) is 51.0 Å². The number of nitrogens with one attached hydrogen (secondary N) is 1. The summed E-state index contributed by atoms with van der Waals surface area (Å²) in [6.45, 7) is 10.2. The Balaban J connectivity index is 2.72. The van der Waals surface area contributed by atoms with Crippen LogP contribution in [0.25, 0.3) is 0 Å². The van der Waals surface area contributed by atoms with E-state index in [1.165, 1.54) is 0 Å². The highest BCUT2D eigenvalue weighted by molar-refractivity contribution is 5.82. The molecule has 0 spiro atoms. The number of carbonyl (C=O) groups excluding carboxylic acids is 2. The van der Waals surface area contributed by atoms with Gasteiger partial charge in [0.15, 0.2) is 5.72 Å². The number of hydrogen-bond donors (Lipinski definition) is 2. The van der Waals surface area contributed by atoms with Crippen LogP contribution in [-0.2, 0) is 27.7 Å². The lowest BCUT2D eigenvalue weighted by atomic mass is 9.87. The van der Waals surface area contributed by atoms with Gasteiger partial charge in [-0.2, -0.15) is 0 Å². The third-order valence-electron chi connectivity index (χ3n) is 4.24. The standard InChI is InChI=1S/C20H34N4O5/c1-8-16(14(11-25)9-15-10-21-13-24(15)7)17(26)28-20(5,6)23-12-22-18(27)29-19(2,3)4/h10,12-14,16,25H,8-9,11H2,1-7H3,(H,22,23,27)/t14-,16?/m0/s1. The average Bonchev–Trinajstić information content (AvgIpc) is 2.97. The van der Waals surface area contributed by atoms with Crippen molar-refractivity contribution in [1.29, 1.82) is 0 Å². The van der Waals surface area contributed by atoms with Crippen molar-refractivity contribution in [1.82, 2.24) is 14.9 Å². The van der Waals surface area contributed by atoms with Gasteiger partial charge in [0.25, 0.3) is 0 Å². The molecule has 0 fully saturated rings. The summed E-state index contributed by atoms with van der Waals surface area (Å²) in [7, 11) is 1.87. The summed E-state index contributed by atoms with van der Waals surface area (Å²) in [5, 5.41) is 12.2. The number of amides is 1. The van der Waals surface area contributed by atoms with Gasteiger partial charge in [0.1, 0.15) is 5.60 Å². The molecule has 2 N–H and O–H groups in total. The second-order valence-corrected chi connectivity index (χ2v) is 8.43. The molecule has 9 nitrogen and oxygen atoms in total. The second-order valence-electron chi connectivity index (χ2n) is 8.43. The number of aliphatic hydroxyl groups is 1. The first-order chi connectivity index (χ1) is 13.4. The largest absolute Gasteiger partial charge is 0.444 e. The molecule has 0 aromatic carbocycles. The molecular weight excluding hydrogens is 376 g/mol. The molecule has 1 aromatic heterocycles. The Hall–Kier alpha value is -2.42. The number of alkyl carbamates (subject to hydrolysis) is 1. The quantitative estimate of drug-likeness (QED) is 0.367. The lowest BCUT2D eigenvalue weighted by molar-refractivity contribution is -0.163. The highest BCUT2D eigenvalue weighted by Crippen LogP contribution is 2.24. The zero-order chi connectivity index (χ0) is 22.2. The van der Waals surface area contributed by atoms with Gasteiger partial charge in [0.2, 0.25) is 0 Å². The molecule has 1 heterocycles. The number of carbonyl (C=O) groups is 2. The molecule has 0 radical (unpaired) electrons. The maximum absolute atomic E-state index is 12.7. The fourth-order valence-corrected chi connectivity index (χ4v) is 2.77. The number of ether oxygens (including phenoxy) is 2. The Morgan fingerprint density at radius 3 is 2.45 bits per heavy atom. The predicted molar refractivity (Wildman–Crippen MR) is 109 cm³/mol. The number of aryl methyl sites for hydroxylation is 1. The topological polar surface area (TPSA) is 115 Å². The first-order valence-electron chi connectivity index (χ1n) is 9.70. The number of rotatable bonds is 9. The molecule has 1 amide bonds. The first kappa shape index (κ1) is 24.6. The summed E-state index contributed by atoms with van der Waals surface area (Å²) in [6.07, 6.45) is 4.92. The Kier molecular flexibility index (Phi) is 8.81. The van der Waals surface area contributed by atoms with Crippen LogP contribution in [0.5, 0.6) is 0 Å². The summed E-state index contributed by atoms with van der Waals surface area (Å²) in [4.78, 5) is 32.6. The molecule has 0 bridgehead atoms. The smallest absolute Gasteiger partial charge is 0.412 e. The lowest BCUT2D eigenvalue weighted by Gasteiger charge is -2.27. The van der Waals surface area contributed by atoms with Crippen LogP contribution >= 0.6 is 0 Å². The van der Waals surface area contributed by atoms with Crippen molar-refractivity contribution in [2.24, 2.45) is 23.9 Å². The Morgan fingerprint density at radius 2 is 1.97 bits per heavy atom. The number of nitrogens with zero attached hydrogens (tertiary/aromatic N) is 3. The summed E-state index contributed by atoms with van der Waals surface area (Å²) in [5.74, 6) is -1.25. The van der Waals surface area contributed by atoms with E-state index in [-0.39, 0.29) is 12.5 Å². The normalized spacial score (nSPS) is 14.5. The van der Waals surface area contributed by atoms with Crippen LogP contribution in [0.1, 0.15) is 53.7 Å². The molecule has 0 aliphatic heterocycles. The number of imidazole rings is 1. The molecule has 0 saturated carbocycles. The van der Waals surface area contributed by atoms with E-state index in [2.05, 4.69) is 15.3 Å². The van der Waals surface area contributed by atoms with Gasteiger partial charge in [-0.3, -0.25) is 10.1 Å². The van der Waals surface area contributed by atoms with Gasteiger partial charge in [0, 0.05) is 31.5 Å². The van der Waals surface area contributed by atoms with E-state index >= 15 is 0 Å². The minimum Gasteiger partial charge on any atom is -0.444 e. The Bertz CT molecular complexity index is 706. The van der Waals surface area contributed by atoms with Gasteiger partial charge in [-0.15, -0.1) is 0 Å². The van der Waals surface area contributed by atoms with Crippen LogP contribution in [0.2, 0.25) is 0 Å². The van der Waals surface area contributed by atoms with Gasteiger partial charge >= 0.3 is 12.1 Å². The minimum atomic E-state index is -1.19. The highest BCUT2D eigenvalue weighted by atomic mass is 16.6. The highest BCUT2D eigenvalue weighted by Gasteiger charge is 2.32. The SMILES string of the molecule is CCC(C(=O)OC(C)(C)N=CNC(=O)OC(C)(C)C)[C@H](CO)Cc1cncn1C. The fourth-order valence-electron chi connectivity index (χ4n) is 2.77. The molecule has 29 heavy (non-hydrogen) atoms. The zero-order valence-electron chi connectivity index (χ0n) is 18.4. The van der Waals surface area contributed by atoms with Gasteiger partial charge < -0.3 is 19.1 Å².